The maximum atomic E-state index is 13.8. The summed E-state index contributed by atoms with van der Waals surface area (Å²) in [6, 6.07) is -6.17. The molecule has 9 amide bonds. The predicted molar refractivity (Wildman–Crippen MR) is 377 cm³/mol. The summed E-state index contributed by atoms with van der Waals surface area (Å²) in [5.74, 6) is -4.87. The molecular weight excluding hydrogens is 1430 g/mol. The number of nitrogens with one attached hydrogen (secondary N) is 9. The molecule has 0 saturated carbocycles. The van der Waals surface area contributed by atoms with E-state index in [1.165, 1.54) is 20.8 Å². The second kappa shape index (κ2) is 51.8. The Bertz CT molecular complexity index is 2660. The highest BCUT2D eigenvalue weighted by atomic mass is 16.7. The monoisotopic (exact) mass is 1560 g/mol. The van der Waals surface area contributed by atoms with Gasteiger partial charge in [-0.25, -0.2) is 0 Å². The summed E-state index contributed by atoms with van der Waals surface area (Å²) in [5.41, 5.74) is -0.377. The number of hydrogen-bond acceptors (Lipinski definition) is 30. The Morgan fingerprint density at radius 1 is 0.407 bits per heavy atom. The molecule has 108 heavy (non-hydrogen) atoms. The van der Waals surface area contributed by atoms with E-state index in [0.29, 0.717) is 45.1 Å². The van der Waals surface area contributed by atoms with Gasteiger partial charge in [0.05, 0.1) is 104 Å². The van der Waals surface area contributed by atoms with E-state index in [9.17, 15) is 94.2 Å². The Hall–Kier alpha value is -5.61. The first kappa shape index (κ1) is 94.8. The fourth-order valence-corrected chi connectivity index (χ4v) is 12.1. The van der Waals surface area contributed by atoms with Crippen molar-refractivity contribution >= 4 is 53.2 Å². The van der Waals surface area contributed by atoms with Gasteiger partial charge in [0, 0.05) is 72.6 Å². The van der Waals surface area contributed by atoms with Crippen molar-refractivity contribution in [2.45, 2.75) is 272 Å². The van der Waals surface area contributed by atoms with Crippen molar-refractivity contribution < 1.29 is 146 Å². The van der Waals surface area contributed by atoms with Crippen LogP contribution in [0.25, 0.3) is 0 Å². The normalized spacial score (nSPS) is 27.8. The van der Waals surface area contributed by atoms with Crippen LogP contribution in [0.4, 0.5) is 0 Å². The van der Waals surface area contributed by atoms with Crippen LogP contribution in [-0.2, 0) is 95.3 Å². The van der Waals surface area contributed by atoms with Crippen LogP contribution in [0.3, 0.4) is 0 Å². The van der Waals surface area contributed by atoms with Gasteiger partial charge in [0.1, 0.15) is 91.2 Å². The second-order valence-electron chi connectivity index (χ2n) is 28.0. The maximum Gasteiger partial charge on any atom is 0.242 e. The summed E-state index contributed by atoms with van der Waals surface area (Å²) in [5, 5.41) is 126. The van der Waals surface area contributed by atoms with Crippen LogP contribution >= 0.6 is 0 Å². The van der Waals surface area contributed by atoms with Crippen LogP contribution in [0.1, 0.15) is 144 Å². The molecule has 39 heteroatoms. The number of carbonyl (C=O) groups excluding carboxylic acids is 9. The molecule has 19 N–H and O–H groups in total. The lowest BCUT2D eigenvalue weighted by molar-refractivity contribution is -0.272. The highest BCUT2D eigenvalue weighted by Gasteiger charge is 2.48. The number of aliphatic hydroxyl groups is 10. The van der Waals surface area contributed by atoms with Gasteiger partial charge >= 0.3 is 0 Å². The standard InChI is InChI=1S/C69H123N9O30/c1-40(82)74-55-61(93)58(90)47(36-79)106-66(55)101-32-29-98-26-23-70-52(87)21-18-44(64(96)71-24-27-99-30-33-102-67-56(75-41(2)83)62(94)59(91)48(37-80)107-67)78-54(89)22-19-45(65(97)72-25-28-100-31-34-103-68-57(76-42(3)84)63(95)60(92)49(38-81)108-68)77-53(88)16-14-12-10-8-7-9-11-13-15-51(86)73-35-43-17-20-46(85)50(105-43)39-104-69(4,5)6/h43-50,55-63,66-68,79-81,85,90-95H,7-39H2,1-6H3,(H,70,87)(H,71,96)(H,72,97)(H,73,86)(H,74,82)(H,75,83)(H,76,84)(H,77,88)(H,78,89)/t43-,44+,45+,46+,47?,48?,49?,50-,55?,56?,57?,58?,59?,60?,61?,62?,63?,66?,67?,68?/m1/s1. The lowest BCUT2D eigenvalue weighted by atomic mass is 9.97. The highest BCUT2D eigenvalue weighted by Crippen LogP contribution is 2.26. The molecule has 4 heterocycles. The number of amides is 9. The van der Waals surface area contributed by atoms with Crippen molar-refractivity contribution in [3.05, 3.63) is 0 Å². The Balaban J connectivity index is 1.32. The first-order valence-electron chi connectivity index (χ1n) is 37.4. The zero-order valence-electron chi connectivity index (χ0n) is 63.0. The fraction of sp³-hybridized carbons (Fsp3) is 0.870. The molecule has 4 fully saturated rings. The predicted octanol–water partition coefficient (Wildman–Crippen LogP) is -6.46. The number of hydrogen-bond donors (Lipinski definition) is 19. The summed E-state index contributed by atoms with van der Waals surface area (Å²) >= 11 is 0. The number of rotatable bonds is 52. The van der Waals surface area contributed by atoms with Crippen molar-refractivity contribution in [2.24, 2.45) is 0 Å². The van der Waals surface area contributed by atoms with Crippen molar-refractivity contribution in [3.8, 4) is 0 Å². The maximum absolute atomic E-state index is 13.8. The molecule has 0 spiro atoms. The van der Waals surface area contributed by atoms with Gasteiger partial charge in [-0.15, -0.1) is 0 Å². The molecule has 624 valence electrons. The van der Waals surface area contributed by atoms with Crippen LogP contribution in [0.15, 0.2) is 0 Å². The van der Waals surface area contributed by atoms with Crippen molar-refractivity contribution in [1.82, 2.24) is 47.9 Å². The largest absolute Gasteiger partial charge is 0.394 e. The SMILES string of the molecule is CC(=O)NC1C(OCCOCCNC(=O)CC[C@H](NC(=O)CC[C@H](NC(=O)CCCCCCCCCCC(=O)NC[C@H]2CC[C@H](O)[C@@H](COC(C)(C)C)O2)C(=O)NCCOCCOC2OC(CO)C(O)C(O)C2NC(C)=O)C(=O)NCCOCCOC2OC(CO)C(O)C(O)C2NC(C)=O)OC(CO)C(O)C1O. The Morgan fingerprint density at radius 2 is 0.759 bits per heavy atom. The molecule has 0 aromatic rings. The first-order chi connectivity index (χ1) is 51.5. The minimum atomic E-state index is -1.54. The molecule has 4 aliphatic heterocycles. The van der Waals surface area contributed by atoms with Crippen LogP contribution < -0.4 is 47.9 Å². The summed E-state index contributed by atoms with van der Waals surface area (Å²) in [7, 11) is 0. The van der Waals surface area contributed by atoms with Crippen LogP contribution in [0.5, 0.6) is 0 Å². The van der Waals surface area contributed by atoms with Gasteiger partial charge in [-0.3, -0.25) is 43.2 Å². The third-order valence-corrected chi connectivity index (χ3v) is 17.9. The van der Waals surface area contributed by atoms with E-state index in [0.717, 1.165) is 32.1 Å². The molecule has 15 unspecified atom stereocenters. The van der Waals surface area contributed by atoms with Crippen LogP contribution in [0.2, 0.25) is 0 Å². The number of unbranched alkanes of at least 4 members (excludes halogenated alkanes) is 7. The summed E-state index contributed by atoms with van der Waals surface area (Å²) < 4.78 is 62.3. The van der Waals surface area contributed by atoms with Crippen LogP contribution in [0, 0.1) is 0 Å². The zero-order chi connectivity index (χ0) is 79.7. The van der Waals surface area contributed by atoms with Gasteiger partial charge in [-0.1, -0.05) is 38.5 Å². The molecule has 4 rings (SSSR count). The molecule has 4 aliphatic rings. The van der Waals surface area contributed by atoms with E-state index >= 15 is 0 Å². The average Bonchev–Trinajstić information content (AvgIpc) is 0.819. The molecule has 39 nitrogen and oxygen atoms in total. The molecular formula is C69H123N9O30. The van der Waals surface area contributed by atoms with Crippen molar-refractivity contribution in [1.29, 1.82) is 0 Å². The smallest absolute Gasteiger partial charge is 0.242 e. The Morgan fingerprint density at radius 3 is 1.14 bits per heavy atom. The summed E-state index contributed by atoms with van der Waals surface area (Å²) in [4.78, 5) is 116. The van der Waals surface area contributed by atoms with Gasteiger partial charge in [0.15, 0.2) is 18.9 Å². The minimum absolute atomic E-state index is 0.0224. The molecule has 20 atom stereocenters. The quantitative estimate of drug-likeness (QED) is 0.0252. The topological polar surface area (TPSA) is 566 Å². The van der Waals surface area contributed by atoms with Crippen LogP contribution in [-0.4, -0.2) is 344 Å². The first-order valence-corrected chi connectivity index (χ1v) is 37.4. The van der Waals surface area contributed by atoms with Crippen molar-refractivity contribution in [3.63, 3.8) is 0 Å². The minimum Gasteiger partial charge on any atom is -0.394 e. The van der Waals surface area contributed by atoms with Crippen molar-refractivity contribution in [2.75, 3.05) is 112 Å². The highest BCUT2D eigenvalue weighted by molar-refractivity contribution is 5.90. The van der Waals surface area contributed by atoms with E-state index in [2.05, 4.69) is 47.9 Å². The second-order valence-corrected chi connectivity index (χ2v) is 28.0. The third kappa shape index (κ3) is 36.3. The van der Waals surface area contributed by atoms with E-state index < -0.39 is 190 Å². The van der Waals surface area contributed by atoms with E-state index in [1.54, 1.807) is 0 Å². The molecule has 0 aromatic heterocycles. The number of aliphatic hydroxyl groups excluding tert-OH is 10. The van der Waals surface area contributed by atoms with Gasteiger partial charge in [0.25, 0.3) is 0 Å². The Kier molecular flexibility index (Phi) is 45.5. The number of ether oxygens (including phenoxy) is 11. The number of carbonyl (C=O) groups is 9. The zero-order valence-corrected chi connectivity index (χ0v) is 63.0. The van der Waals surface area contributed by atoms with Gasteiger partial charge in [-0.2, -0.15) is 0 Å². The van der Waals surface area contributed by atoms with Gasteiger partial charge in [-0.05, 0) is 59.3 Å². The molecule has 0 bridgehead atoms. The summed E-state index contributed by atoms with van der Waals surface area (Å²) in [6.45, 7) is 6.83. The van der Waals surface area contributed by atoms with Gasteiger partial charge in [0.2, 0.25) is 53.2 Å². The van der Waals surface area contributed by atoms with E-state index in [-0.39, 0.29) is 129 Å². The van der Waals surface area contributed by atoms with Gasteiger partial charge < -0.3 is 151 Å². The third-order valence-electron chi connectivity index (χ3n) is 17.9. The van der Waals surface area contributed by atoms with E-state index in [4.69, 9.17) is 52.1 Å². The Labute approximate surface area is 629 Å². The molecule has 0 aromatic carbocycles. The van der Waals surface area contributed by atoms with E-state index in [1.807, 2.05) is 20.8 Å². The lowest BCUT2D eigenvalue weighted by Crippen LogP contribution is -2.64. The molecule has 4 saturated heterocycles. The molecule has 0 radical (unpaired) electrons. The average molecular weight is 1560 g/mol. The lowest BCUT2D eigenvalue weighted by Gasteiger charge is -2.42. The summed E-state index contributed by atoms with van der Waals surface area (Å²) in [6.07, 6.45) is -11.2. The molecule has 0 aliphatic carbocycles. The fourth-order valence-electron chi connectivity index (χ4n) is 12.1.